The lowest BCUT2D eigenvalue weighted by Crippen LogP contribution is -2.44. The summed E-state index contributed by atoms with van der Waals surface area (Å²) in [4.78, 5) is 11.9. The van der Waals surface area contributed by atoms with Crippen LogP contribution in [0.1, 0.15) is 31.9 Å². The van der Waals surface area contributed by atoms with Crippen molar-refractivity contribution in [3.05, 3.63) is 48.0 Å². The summed E-state index contributed by atoms with van der Waals surface area (Å²) in [5, 5.41) is 17.1. The summed E-state index contributed by atoms with van der Waals surface area (Å²) in [6, 6.07) is 13.8. The minimum atomic E-state index is -0.253. The second-order valence-corrected chi connectivity index (χ2v) is 5.23. The molecule has 0 fully saturated rings. The predicted octanol–water partition coefficient (Wildman–Crippen LogP) is 2.97. The third-order valence-corrected chi connectivity index (χ3v) is 3.67. The quantitative estimate of drug-likeness (QED) is 0.791. The van der Waals surface area contributed by atoms with Crippen molar-refractivity contribution in [1.82, 2.24) is 10.6 Å². The summed E-state index contributed by atoms with van der Waals surface area (Å²) in [6.07, 6.45) is 0.703. The van der Waals surface area contributed by atoms with Gasteiger partial charge in [-0.25, -0.2) is 4.79 Å². The predicted molar refractivity (Wildman–Crippen MR) is 85.2 cm³/mol. The first-order valence-electron chi connectivity index (χ1n) is 7.30. The van der Waals surface area contributed by atoms with Gasteiger partial charge in [0.15, 0.2) is 0 Å². The first-order valence-corrected chi connectivity index (χ1v) is 7.30. The van der Waals surface area contributed by atoms with Gasteiger partial charge in [0.2, 0.25) is 0 Å². The molecule has 0 aliphatic heterocycles. The number of carbonyl (C=O) groups excluding carboxylic acids is 1. The lowest BCUT2D eigenvalue weighted by molar-refractivity contribution is 0.212. The maximum Gasteiger partial charge on any atom is 0.315 e. The van der Waals surface area contributed by atoms with E-state index in [-0.39, 0.29) is 24.7 Å². The van der Waals surface area contributed by atoms with Crippen LogP contribution >= 0.6 is 0 Å². The fraction of sp³-hybridized carbons (Fsp3) is 0.353. The fourth-order valence-electron chi connectivity index (χ4n) is 2.26. The van der Waals surface area contributed by atoms with E-state index in [0.717, 1.165) is 10.9 Å². The van der Waals surface area contributed by atoms with Crippen molar-refractivity contribution in [3.8, 4) is 0 Å². The zero-order valence-corrected chi connectivity index (χ0v) is 12.5. The van der Waals surface area contributed by atoms with Gasteiger partial charge in [0, 0.05) is 0 Å². The summed E-state index contributed by atoms with van der Waals surface area (Å²) in [7, 11) is 0. The van der Waals surface area contributed by atoms with Crippen LogP contribution in [0.5, 0.6) is 0 Å². The van der Waals surface area contributed by atoms with Gasteiger partial charge in [0.25, 0.3) is 0 Å². The van der Waals surface area contributed by atoms with Crippen LogP contribution in [0.2, 0.25) is 0 Å². The van der Waals surface area contributed by atoms with E-state index in [9.17, 15) is 4.79 Å². The number of aliphatic hydroxyl groups excluding tert-OH is 1. The number of hydrogen-bond donors (Lipinski definition) is 3. The number of nitrogens with one attached hydrogen (secondary N) is 2. The molecule has 112 valence electrons. The van der Waals surface area contributed by atoms with Crippen molar-refractivity contribution in [2.75, 3.05) is 6.61 Å². The Morgan fingerprint density at radius 1 is 1.14 bits per heavy atom. The van der Waals surface area contributed by atoms with E-state index in [2.05, 4.69) is 34.9 Å². The van der Waals surface area contributed by atoms with E-state index in [1.807, 2.05) is 32.0 Å². The smallest absolute Gasteiger partial charge is 0.315 e. The number of aliphatic hydroxyl groups is 1. The molecule has 4 heteroatoms. The Morgan fingerprint density at radius 2 is 1.86 bits per heavy atom. The van der Waals surface area contributed by atoms with Gasteiger partial charge in [-0.1, -0.05) is 43.3 Å². The van der Waals surface area contributed by atoms with Gasteiger partial charge >= 0.3 is 6.03 Å². The molecular weight excluding hydrogens is 264 g/mol. The molecule has 2 aromatic carbocycles. The highest BCUT2D eigenvalue weighted by Gasteiger charge is 2.13. The number of hydrogen-bond acceptors (Lipinski definition) is 2. The zero-order chi connectivity index (χ0) is 15.2. The summed E-state index contributed by atoms with van der Waals surface area (Å²) in [5.41, 5.74) is 1.06. The highest BCUT2D eigenvalue weighted by atomic mass is 16.3. The van der Waals surface area contributed by atoms with Gasteiger partial charge in [-0.2, -0.15) is 0 Å². The van der Waals surface area contributed by atoms with Crippen LogP contribution < -0.4 is 10.6 Å². The summed E-state index contributed by atoms with van der Waals surface area (Å²) in [6.45, 7) is 3.83. The maximum atomic E-state index is 11.9. The Morgan fingerprint density at radius 3 is 2.52 bits per heavy atom. The van der Waals surface area contributed by atoms with Crippen LogP contribution in [0, 0.1) is 0 Å². The fourth-order valence-corrected chi connectivity index (χ4v) is 2.26. The highest BCUT2D eigenvalue weighted by Crippen LogP contribution is 2.20. The molecule has 0 aromatic heterocycles. The van der Waals surface area contributed by atoms with Crippen LogP contribution in [0.15, 0.2) is 42.5 Å². The number of amides is 2. The van der Waals surface area contributed by atoms with Gasteiger partial charge in [0.1, 0.15) is 0 Å². The van der Waals surface area contributed by atoms with E-state index < -0.39 is 0 Å². The Kier molecular flexibility index (Phi) is 5.17. The molecule has 2 amide bonds. The number of benzene rings is 2. The molecule has 0 heterocycles. The van der Waals surface area contributed by atoms with E-state index in [1.54, 1.807) is 0 Å². The standard InChI is InChI=1S/C17H22N2O2/c1-3-16(11-20)19-17(21)18-12(2)14-9-8-13-6-4-5-7-15(13)10-14/h4-10,12,16,20H,3,11H2,1-2H3,(H2,18,19,21). The van der Waals surface area contributed by atoms with Crippen LogP contribution in [0.25, 0.3) is 10.8 Å². The largest absolute Gasteiger partial charge is 0.394 e. The third kappa shape index (κ3) is 3.95. The topological polar surface area (TPSA) is 61.4 Å². The number of urea groups is 1. The van der Waals surface area contributed by atoms with Gasteiger partial charge in [-0.3, -0.25) is 0 Å². The van der Waals surface area contributed by atoms with Gasteiger partial charge in [-0.05, 0) is 35.7 Å². The molecule has 2 atom stereocenters. The van der Waals surface area contributed by atoms with E-state index in [1.165, 1.54) is 5.39 Å². The van der Waals surface area contributed by atoms with Gasteiger partial charge in [0.05, 0.1) is 18.7 Å². The van der Waals surface area contributed by atoms with Crippen LogP contribution in [-0.4, -0.2) is 23.8 Å². The summed E-state index contributed by atoms with van der Waals surface area (Å²) < 4.78 is 0. The van der Waals surface area contributed by atoms with E-state index in [4.69, 9.17) is 5.11 Å². The van der Waals surface area contributed by atoms with Crippen LogP contribution in [-0.2, 0) is 0 Å². The van der Waals surface area contributed by atoms with Gasteiger partial charge in [-0.15, -0.1) is 0 Å². The lowest BCUT2D eigenvalue weighted by Gasteiger charge is -2.19. The van der Waals surface area contributed by atoms with Crippen molar-refractivity contribution < 1.29 is 9.90 Å². The van der Waals surface area contributed by atoms with Crippen LogP contribution in [0.3, 0.4) is 0 Å². The summed E-state index contributed by atoms with van der Waals surface area (Å²) >= 11 is 0. The molecule has 21 heavy (non-hydrogen) atoms. The van der Waals surface area contributed by atoms with Crippen LogP contribution in [0.4, 0.5) is 4.79 Å². The maximum absolute atomic E-state index is 11.9. The first kappa shape index (κ1) is 15.3. The Balaban J connectivity index is 2.04. The molecule has 0 aliphatic carbocycles. The lowest BCUT2D eigenvalue weighted by atomic mass is 10.0. The SMILES string of the molecule is CCC(CO)NC(=O)NC(C)c1ccc2ccccc2c1. The molecule has 4 nitrogen and oxygen atoms in total. The van der Waals surface area contributed by atoms with Crippen molar-refractivity contribution in [3.63, 3.8) is 0 Å². The van der Waals surface area contributed by atoms with E-state index >= 15 is 0 Å². The molecule has 0 spiro atoms. The molecule has 0 saturated heterocycles. The van der Waals surface area contributed by atoms with Crippen molar-refractivity contribution in [2.45, 2.75) is 32.4 Å². The van der Waals surface area contributed by atoms with Crippen molar-refractivity contribution >= 4 is 16.8 Å². The molecule has 0 bridgehead atoms. The molecule has 2 aromatic rings. The van der Waals surface area contributed by atoms with E-state index in [0.29, 0.717) is 6.42 Å². The Bertz CT molecular complexity index is 609. The minimum Gasteiger partial charge on any atom is -0.394 e. The average Bonchev–Trinajstić information content (AvgIpc) is 2.52. The normalized spacial score (nSPS) is 13.7. The summed E-state index contributed by atoms with van der Waals surface area (Å²) in [5.74, 6) is 0. The Labute approximate surface area is 125 Å². The van der Waals surface area contributed by atoms with Crippen molar-refractivity contribution in [1.29, 1.82) is 0 Å². The van der Waals surface area contributed by atoms with Crippen molar-refractivity contribution in [2.24, 2.45) is 0 Å². The zero-order valence-electron chi connectivity index (χ0n) is 12.5. The average molecular weight is 286 g/mol. The number of fused-ring (bicyclic) bond motifs is 1. The number of carbonyl (C=O) groups is 1. The minimum absolute atomic E-state index is 0.0473. The molecule has 2 unspecified atom stereocenters. The molecule has 2 rings (SSSR count). The number of rotatable bonds is 5. The second kappa shape index (κ2) is 7.09. The molecule has 0 saturated carbocycles. The first-order chi connectivity index (χ1) is 10.1. The second-order valence-electron chi connectivity index (χ2n) is 5.23. The Hall–Kier alpha value is -2.07. The molecule has 0 radical (unpaired) electrons. The van der Waals surface area contributed by atoms with Gasteiger partial charge < -0.3 is 15.7 Å². The molecule has 0 aliphatic rings. The molecular formula is C17H22N2O2. The molecule has 3 N–H and O–H groups in total. The third-order valence-electron chi connectivity index (χ3n) is 3.67. The highest BCUT2D eigenvalue weighted by molar-refractivity contribution is 5.83. The monoisotopic (exact) mass is 286 g/mol.